The second kappa shape index (κ2) is 2.73. The van der Waals surface area contributed by atoms with E-state index in [2.05, 4.69) is 4.98 Å². The zero-order valence-electron chi connectivity index (χ0n) is 8.32. The molecule has 15 heavy (non-hydrogen) atoms. The molecule has 0 aliphatic carbocycles. The maximum Gasteiger partial charge on any atom is 0.272 e. The molecule has 74 valence electrons. The number of benzene rings is 1. The van der Waals surface area contributed by atoms with E-state index in [0.717, 1.165) is 16.6 Å². The van der Waals surface area contributed by atoms with Gasteiger partial charge in [-0.25, -0.2) is 0 Å². The summed E-state index contributed by atoms with van der Waals surface area (Å²) in [4.78, 5) is 14.6. The maximum atomic E-state index is 11.7. The van der Waals surface area contributed by atoms with Crippen LogP contribution in [0.4, 0.5) is 0 Å². The Morgan fingerprint density at radius 2 is 2.00 bits per heavy atom. The van der Waals surface area contributed by atoms with Crippen LogP contribution in [-0.4, -0.2) is 9.38 Å². The summed E-state index contributed by atoms with van der Waals surface area (Å²) in [6.45, 7) is 1.99. The van der Waals surface area contributed by atoms with Crippen molar-refractivity contribution < 1.29 is 0 Å². The van der Waals surface area contributed by atoms with Gasteiger partial charge in [0.05, 0.1) is 11.0 Å². The highest BCUT2D eigenvalue weighted by Gasteiger charge is 2.04. The number of aryl methyl sites for hydroxylation is 1. The molecule has 0 spiro atoms. The lowest BCUT2D eigenvalue weighted by atomic mass is 10.3. The Morgan fingerprint density at radius 1 is 1.20 bits per heavy atom. The second-order valence-corrected chi connectivity index (χ2v) is 3.74. The third-order valence-electron chi connectivity index (χ3n) is 2.60. The normalized spacial score (nSPS) is 11.3. The van der Waals surface area contributed by atoms with Crippen LogP contribution in [0.2, 0.25) is 0 Å². The van der Waals surface area contributed by atoms with Crippen molar-refractivity contribution in [1.29, 1.82) is 0 Å². The lowest BCUT2D eigenvalue weighted by Crippen LogP contribution is -2.09. The number of para-hydroxylation sites is 2. The van der Waals surface area contributed by atoms with Gasteiger partial charge in [-0.1, -0.05) is 12.1 Å². The van der Waals surface area contributed by atoms with Crippen molar-refractivity contribution in [3.05, 3.63) is 52.4 Å². The first kappa shape index (κ1) is 8.29. The van der Waals surface area contributed by atoms with Crippen LogP contribution in [-0.2, 0) is 0 Å². The molecule has 2 heterocycles. The monoisotopic (exact) mass is 198 g/mol. The van der Waals surface area contributed by atoms with Crippen LogP contribution >= 0.6 is 0 Å². The van der Waals surface area contributed by atoms with Gasteiger partial charge >= 0.3 is 0 Å². The first-order valence-corrected chi connectivity index (χ1v) is 4.85. The summed E-state index contributed by atoms with van der Waals surface area (Å²) < 4.78 is 1.93. The van der Waals surface area contributed by atoms with E-state index < -0.39 is 0 Å². The number of aromatic amines is 1. The molecule has 0 aliphatic rings. The summed E-state index contributed by atoms with van der Waals surface area (Å²) >= 11 is 0. The highest BCUT2D eigenvalue weighted by molar-refractivity contribution is 5.78. The third kappa shape index (κ3) is 1.09. The molecule has 0 atom stereocenters. The number of nitrogens with zero attached hydrogens (tertiary/aromatic N) is 1. The van der Waals surface area contributed by atoms with Gasteiger partial charge in [-0.3, -0.25) is 4.79 Å². The quantitative estimate of drug-likeness (QED) is 0.590. The summed E-state index contributed by atoms with van der Waals surface area (Å²) in [6.07, 6.45) is 1.98. The first-order chi connectivity index (χ1) is 7.25. The van der Waals surface area contributed by atoms with Crippen molar-refractivity contribution >= 4 is 16.6 Å². The lowest BCUT2D eigenvalue weighted by molar-refractivity contribution is 1.18. The van der Waals surface area contributed by atoms with Crippen LogP contribution in [0.5, 0.6) is 0 Å². The molecule has 0 radical (unpaired) electrons. The van der Waals surface area contributed by atoms with Crippen molar-refractivity contribution in [3.63, 3.8) is 0 Å². The van der Waals surface area contributed by atoms with Gasteiger partial charge in [0.25, 0.3) is 5.56 Å². The fraction of sp³-hybridized carbons (Fsp3) is 0.0833. The van der Waals surface area contributed by atoms with Gasteiger partial charge < -0.3 is 9.38 Å². The molecule has 3 rings (SSSR count). The standard InChI is InChI=1S/C12H10N2O/c1-8-6-11-12(15)13-9-4-2-3-5-10(9)14(11)7-8/h2-7H,1H3,(H,13,15). The zero-order chi connectivity index (χ0) is 10.4. The Hall–Kier alpha value is -2.03. The summed E-state index contributed by atoms with van der Waals surface area (Å²) in [7, 11) is 0. The van der Waals surface area contributed by atoms with Crippen LogP contribution in [0.15, 0.2) is 41.3 Å². The van der Waals surface area contributed by atoms with Crippen LogP contribution in [0.25, 0.3) is 16.6 Å². The van der Waals surface area contributed by atoms with Gasteiger partial charge in [-0.05, 0) is 30.7 Å². The van der Waals surface area contributed by atoms with E-state index in [1.54, 1.807) is 0 Å². The number of H-pyrrole nitrogens is 1. The SMILES string of the molecule is Cc1cc2c(=O)[nH]c3ccccc3n2c1. The Morgan fingerprint density at radius 3 is 2.87 bits per heavy atom. The number of rotatable bonds is 0. The molecule has 2 aromatic heterocycles. The molecule has 3 aromatic rings. The predicted molar refractivity (Wildman–Crippen MR) is 60.3 cm³/mol. The highest BCUT2D eigenvalue weighted by Crippen LogP contribution is 2.13. The minimum absolute atomic E-state index is 0.0400. The Balaban J connectivity index is 2.69. The number of hydrogen-bond acceptors (Lipinski definition) is 1. The molecule has 0 saturated heterocycles. The van der Waals surface area contributed by atoms with Gasteiger partial charge in [-0.2, -0.15) is 0 Å². The second-order valence-electron chi connectivity index (χ2n) is 3.74. The number of hydrogen-bond donors (Lipinski definition) is 1. The minimum atomic E-state index is -0.0400. The van der Waals surface area contributed by atoms with E-state index in [1.165, 1.54) is 0 Å². The third-order valence-corrected chi connectivity index (χ3v) is 2.60. The molecule has 1 aromatic carbocycles. The average Bonchev–Trinajstić information content (AvgIpc) is 2.61. The van der Waals surface area contributed by atoms with Crippen molar-refractivity contribution in [2.24, 2.45) is 0 Å². The van der Waals surface area contributed by atoms with E-state index in [4.69, 9.17) is 0 Å². The first-order valence-electron chi connectivity index (χ1n) is 4.85. The Kier molecular flexibility index (Phi) is 1.51. The van der Waals surface area contributed by atoms with Crippen LogP contribution in [0, 0.1) is 6.92 Å². The summed E-state index contributed by atoms with van der Waals surface area (Å²) in [5, 5.41) is 0. The fourth-order valence-corrected chi connectivity index (χ4v) is 1.95. The van der Waals surface area contributed by atoms with E-state index >= 15 is 0 Å². The molecule has 0 fully saturated rings. The summed E-state index contributed by atoms with van der Waals surface area (Å²) in [5.74, 6) is 0. The molecule has 0 aliphatic heterocycles. The highest BCUT2D eigenvalue weighted by atomic mass is 16.1. The largest absolute Gasteiger partial charge is 0.319 e. The van der Waals surface area contributed by atoms with E-state index in [0.29, 0.717) is 5.52 Å². The Labute approximate surface area is 86.0 Å². The molecule has 3 nitrogen and oxygen atoms in total. The van der Waals surface area contributed by atoms with Gasteiger partial charge in [-0.15, -0.1) is 0 Å². The van der Waals surface area contributed by atoms with Gasteiger partial charge in [0.15, 0.2) is 0 Å². The van der Waals surface area contributed by atoms with Crippen molar-refractivity contribution in [1.82, 2.24) is 9.38 Å². The molecule has 0 saturated carbocycles. The molecular formula is C12H10N2O. The smallest absolute Gasteiger partial charge is 0.272 e. The van der Waals surface area contributed by atoms with Gasteiger partial charge in [0.2, 0.25) is 0 Å². The molecule has 0 amide bonds. The van der Waals surface area contributed by atoms with Gasteiger partial charge in [0, 0.05) is 6.20 Å². The predicted octanol–water partition coefficient (Wildman–Crippen LogP) is 2.09. The number of nitrogens with one attached hydrogen (secondary N) is 1. The maximum absolute atomic E-state index is 11.7. The minimum Gasteiger partial charge on any atom is -0.319 e. The zero-order valence-corrected chi connectivity index (χ0v) is 8.32. The molecule has 0 unspecified atom stereocenters. The van der Waals surface area contributed by atoms with Crippen molar-refractivity contribution in [2.45, 2.75) is 6.92 Å². The molecule has 1 N–H and O–H groups in total. The number of aromatic nitrogens is 2. The molecule has 3 heteroatoms. The van der Waals surface area contributed by atoms with Crippen molar-refractivity contribution in [3.8, 4) is 0 Å². The Bertz CT molecular complexity index is 706. The summed E-state index contributed by atoms with van der Waals surface area (Å²) in [6, 6.07) is 9.68. The van der Waals surface area contributed by atoms with E-state index in [-0.39, 0.29) is 5.56 Å². The van der Waals surface area contributed by atoms with E-state index in [9.17, 15) is 4.79 Å². The summed E-state index contributed by atoms with van der Waals surface area (Å²) in [5.41, 5.74) is 3.65. The lowest BCUT2D eigenvalue weighted by Gasteiger charge is -2.01. The number of fused-ring (bicyclic) bond motifs is 3. The van der Waals surface area contributed by atoms with Crippen molar-refractivity contribution in [2.75, 3.05) is 0 Å². The van der Waals surface area contributed by atoms with Crippen LogP contribution in [0.1, 0.15) is 5.56 Å². The van der Waals surface area contributed by atoms with Crippen LogP contribution in [0.3, 0.4) is 0 Å². The molecular weight excluding hydrogens is 188 g/mol. The average molecular weight is 198 g/mol. The topological polar surface area (TPSA) is 37.3 Å². The fourth-order valence-electron chi connectivity index (χ4n) is 1.95. The van der Waals surface area contributed by atoms with Gasteiger partial charge in [0.1, 0.15) is 5.52 Å². The van der Waals surface area contributed by atoms with E-state index in [1.807, 2.05) is 47.9 Å². The molecule has 0 bridgehead atoms. The van der Waals surface area contributed by atoms with Crippen LogP contribution < -0.4 is 5.56 Å².